The van der Waals surface area contributed by atoms with Gasteiger partial charge in [0, 0.05) is 21.5 Å². The number of rotatable bonds is 3. The van der Waals surface area contributed by atoms with Crippen LogP contribution in [0.5, 0.6) is 0 Å². The molecule has 3 rings (SSSR count). The van der Waals surface area contributed by atoms with Crippen LogP contribution in [0.25, 0.3) is 11.3 Å². The molecule has 3 aromatic rings. The highest BCUT2D eigenvalue weighted by molar-refractivity contribution is 7.14. The Morgan fingerprint density at radius 1 is 1.13 bits per heavy atom. The van der Waals surface area contributed by atoms with Crippen LogP contribution in [0.2, 0.25) is 10.0 Å². The molecule has 0 spiro atoms. The van der Waals surface area contributed by atoms with E-state index in [1.54, 1.807) is 23.6 Å². The lowest BCUT2D eigenvalue weighted by atomic mass is 10.2. The number of thiazole rings is 1. The van der Waals surface area contributed by atoms with Crippen molar-refractivity contribution in [3.05, 3.63) is 69.3 Å². The first-order chi connectivity index (χ1) is 11.0. The first-order valence-corrected chi connectivity index (χ1v) is 8.14. The molecule has 0 aliphatic carbocycles. The fraction of sp³-hybridized carbons (Fsp3) is 0. The van der Waals surface area contributed by atoms with E-state index < -0.39 is 5.82 Å². The van der Waals surface area contributed by atoms with Crippen LogP contribution in [0.3, 0.4) is 0 Å². The van der Waals surface area contributed by atoms with Gasteiger partial charge in [0.2, 0.25) is 0 Å². The molecular formula is C16H9Cl2FN2OS. The van der Waals surface area contributed by atoms with E-state index in [9.17, 15) is 9.18 Å². The van der Waals surface area contributed by atoms with Crippen LogP contribution in [0.15, 0.2) is 47.8 Å². The van der Waals surface area contributed by atoms with E-state index >= 15 is 0 Å². The number of benzene rings is 2. The number of halogens is 3. The number of anilines is 1. The summed E-state index contributed by atoms with van der Waals surface area (Å²) in [6, 6.07) is 10.4. The molecule has 1 N–H and O–H groups in total. The van der Waals surface area contributed by atoms with Crippen molar-refractivity contribution in [2.24, 2.45) is 0 Å². The van der Waals surface area contributed by atoms with E-state index in [1.807, 2.05) is 0 Å². The third-order valence-corrected chi connectivity index (χ3v) is 4.36. The molecular weight excluding hydrogens is 358 g/mol. The maximum atomic E-state index is 12.9. The summed E-state index contributed by atoms with van der Waals surface area (Å²) in [4.78, 5) is 16.4. The van der Waals surface area contributed by atoms with Crippen LogP contribution >= 0.6 is 34.5 Å². The molecule has 0 atom stereocenters. The first kappa shape index (κ1) is 15.9. The van der Waals surface area contributed by atoms with Crippen molar-refractivity contribution in [2.75, 3.05) is 5.32 Å². The Morgan fingerprint density at radius 2 is 1.87 bits per heavy atom. The zero-order chi connectivity index (χ0) is 16.4. The highest BCUT2D eigenvalue weighted by Crippen LogP contribution is 2.32. The van der Waals surface area contributed by atoms with E-state index in [4.69, 9.17) is 23.2 Å². The zero-order valence-electron chi connectivity index (χ0n) is 11.5. The van der Waals surface area contributed by atoms with E-state index in [0.29, 0.717) is 32.0 Å². The quantitative estimate of drug-likeness (QED) is 0.663. The van der Waals surface area contributed by atoms with Gasteiger partial charge in [-0.25, -0.2) is 9.37 Å². The highest BCUT2D eigenvalue weighted by Gasteiger charge is 2.12. The van der Waals surface area contributed by atoms with Crippen LogP contribution in [-0.2, 0) is 0 Å². The maximum Gasteiger partial charge on any atom is 0.257 e. The van der Waals surface area contributed by atoms with Gasteiger partial charge in [-0.2, -0.15) is 0 Å². The van der Waals surface area contributed by atoms with Gasteiger partial charge in [-0.3, -0.25) is 10.1 Å². The predicted molar refractivity (Wildman–Crippen MR) is 91.9 cm³/mol. The molecule has 0 aliphatic rings. The second-order valence-electron chi connectivity index (χ2n) is 4.62. The fourth-order valence-corrected chi connectivity index (χ4v) is 3.01. The Balaban J connectivity index is 1.81. The van der Waals surface area contributed by atoms with E-state index in [0.717, 1.165) is 0 Å². The van der Waals surface area contributed by atoms with Gasteiger partial charge in [-0.05, 0) is 42.5 Å². The molecule has 1 amide bonds. The molecule has 1 aromatic heterocycles. The summed E-state index contributed by atoms with van der Waals surface area (Å²) in [7, 11) is 0. The SMILES string of the molecule is O=C(Nc1nc(-c2cc(Cl)ccc2Cl)cs1)c1ccc(F)cc1. The lowest BCUT2D eigenvalue weighted by Gasteiger charge is -2.02. The normalized spacial score (nSPS) is 10.6. The first-order valence-electron chi connectivity index (χ1n) is 6.51. The molecule has 3 nitrogen and oxygen atoms in total. The van der Waals surface area contributed by atoms with Crippen molar-refractivity contribution in [3.63, 3.8) is 0 Å². The smallest absolute Gasteiger partial charge is 0.257 e. The topological polar surface area (TPSA) is 42.0 Å². The van der Waals surface area contributed by atoms with Gasteiger partial charge in [-0.15, -0.1) is 11.3 Å². The Morgan fingerprint density at radius 3 is 2.61 bits per heavy atom. The molecule has 0 saturated carbocycles. The monoisotopic (exact) mass is 366 g/mol. The molecule has 23 heavy (non-hydrogen) atoms. The number of nitrogens with one attached hydrogen (secondary N) is 1. The number of aromatic nitrogens is 1. The molecule has 0 aliphatic heterocycles. The van der Waals surface area contributed by atoms with Crippen molar-refractivity contribution in [1.82, 2.24) is 4.98 Å². The molecule has 0 bridgehead atoms. The number of hydrogen-bond donors (Lipinski definition) is 1. The number of carbonyl (C=O) groups excluding carboxylic acids is 1. The lowest BCUT2D eigenvalue weighted by Crippen LogP contribution is -2.11. The van der Waals surface area contributed by atoms with Gasteiger partial charge in [-0.1, -0.05) is 23.2 Å². The molecule has 1 heterocycles. The summed E-state index contributed by atoms with van der Waals surface area (Å²) in [6.45, 7) is 0. The van der Waals surface area contributed by atoms with Crippen LogP contribution in [-0.4, -0.2) is 10.9 Å². The minimum Gasteiger partial charge on any atom is -0.298 e. The number of amides is 1. The zero-order valence-corrected chi connectivity index (χ0v) is 13.8. The molecule has 0 fully saturated rings. The molecule has 0 unspecified atom stereocenters. The van der Waals surface area contributed by atoms with Gasteiger partial charge in [0.05, 0.1) is 10.7 Å². The third kappa shape index (κ3) is 3.69. The van der Waals surface area contributed by atoms with Gasteiger partial charge < -0.3 is 0 Å². The number of nitrogens with zero attached hydrogens (tertiary/aromatic N) is 1. The third-order valence-electron chi connectivity index (χ3n) is 3.04. The molecule has 0 saturated heterocycles. The van der Waals surface area contributed by atoms with Gasteiger partial charge in [0.15, 0.2) is 5.13 Å². The van der Waals surface area contributed by atoms with Crippen LogP contribution in [0, 0.1) is 5.82 Å². The van der Waals surface area contributed by atoms with E-state index in [2.05, 4.69) is 10.3 Å². The van der Waals surface area contributed by atoms with Gasteiger partial charge in [0.25, 0.3) is 5.91 Å². The Labute approximate surface area is 145 Å². The van der Waals surface area contributed by atoms with Crippen molar-refractivity contribution in [3.8, 4) is 11.3 Å². The van der Waals surface area contributed by atoms with Crippen molar-refractivity contribution >= 4 is 45.6 Å². The molecule has 2 aromatic carbocycles. The van der Waals surface area contributed by atoms with Crippen LogP contribution in [0.4, 0.5) is 9.52 Å². The number of hydrogen-bond acceptors (Lipinski definition) is 3. The second-order valence-corrected chi connectivity index (χ2v) is 6.32. The predicted octanol–water partition coefficient (Wildman–Crippen LogP) is 5.51. The molecule has 116 valence electrons. The Bertz CT molecular complexity index is 865. The Hall–Kier alpha value is -1.95. The standard InChI is InChI=1S/C16H9Cl2FN2OS/c17-10-3-6-13(18)12(7-10)14-8-23-16(20-14)21-15(22)9-1-4-11(19)5-2-9/h1-8H,(H,20,21,22). The summed E-state index contributed by atoms with van der Waals surface area (Å²) in [5.74, 6) is -0.753. The second kappa shape index (κ2) is 6.66. The van der Waals surface area contributed by atoms with E-state index in [1.165, 1.54) is 35.6 Å². The lowest BCUT2D eigenvalue weighted by molar-refractivity contribution is 0.102. The van der Waals surface area contributed by atoms with Crippen LogP contribution in [0.1, 0.15) is 10.4 Å². The largest absolute Gasteiger partial charge is 0.298 e. The van der Waals surface area contributed by atoms with E-state index in [-0.39, 0.29) is 5.91 Å². The average molecular weight is 367 g/mol. The summed E-state index contributed by atoms with van der Waals surface area (Å²) in [6.07, 6.45) is 0. The highest BCUT2D eigenvalue weighted by atomic mass is 35.5. The van der Waals surface area contributed by atoms with Crippen molar-refractivity contribution in [1.29, 1.82) is 0 Å². The van der Waals surface area contributed by atoms with Gasteiger partial charge in [0.1, 0.15) is 5.82 Å². The summed E-state index contributed by atoms with van der Waals surface area (Å²) in [5.41, 5.74) is 1.67. The minimum absolute atomic E-state index is 0.351. The Kier molecular flexibility index (Phi) is 4.61. The molecule has 0 radical (unpaired) electrons. The van der Waals surface area contributed by atoms with Crippen LogP contribution < -0.4 is 5.32 Å². The molecule has 7 heteroatoms. The summed E-state index contributed by atoms with van der Waals surface area (Å²) < 4.78 is 12.9. The summed E-state index contributed by atoms with van der Waals surface area (Å²) in [5, 5.41) is 5.94. The fourth-order valence-electron chi connectivity index (χ4n) is 1.92. The van der Waals surface area contributed by atoms with Gasteiger partial charge >= 0.3 is 0 Å². The average Bonchev–Trinajstić information content (AvgIpc) is 2.98. The maximum absolute atomic E-state index is 12.9. The van der Waals surface area contributed by atoms with Crippen molar-refractivity contribution < 1.29 is 9.18 Å². The number of carbonyl (C=O) groups is 1. The van der Waals surface area contributed by atoms with Crippen molar-refractivity contribution in [2.45, 2.75) is 0 Å². The minimum atomic E-state index is -0.395. The summed E-state index contributed by atoms with van der Waals surface area (Å²) >= 11 is 13.4.